The number of rotatable bonds is 1. The number of aryl methyl sites for hydroxylation is 1. The van der Waals surface area contributed by atoms with Crippen molar-refractivity contribution in [1.82, 2.24) is 0 Å². The third-order valence-corrected chi connectivity index (χ3v) is 2.38. The molecule has 0 bridgehead atoms. The number of benzene rings is 1. The van der Waals surface area contributed by atoms with E-state index in [9.17, 15) is 0 Å². The largest absolute Gasteiger partial charge is 0.122 e. The van der Waals surface area contributed by atoms with Gasteiger partial charge in [0.25, 0.3) is 0 Å². The molecule has 0 nitrogen and oxygen atoms in total. The van der Waals surface area contributed by atoms with E-state index in [1.165, 1.54) is 5.56 Å². The van der Waals surface area contributed by atoms with Crippen LogP contribution in [0.3, 0.4) is 0 Å². The first-order valence-electron chi connectivity index (χ1n) is 4.05. The molecule has 1 aromatic rings. The first kappa shape index (κ1) is 12.0. The van der Waals surface area contributed by atoms with E-state index in [0.29, 0.717) is 5.88 Å². The normalized spacial score (nSPS) is 8.75. The Labute approximate surface area is 88.1 Å². The lowest BCUT2D eigenvalue weighted by Gasteiger charge is -1.99. The Morgan fingerprint density at radius 2 is 1.92 bits per heavy atom. The van der Waals surface area contributed by atoms with Crippen LogP contribution in [0.2, 0.25) is 0 Å². The minimum Gasteiger partial charge on any atom is -0.122 e. The lowest BCUT2D eigenvalue weighted by molar-refractivity contribution is 1.33. The van der Waals surface area contributed by atoms with Gasteiger partial charge in [0.2, 0.25) is 0 Å². The van der Waals surface area contributed by atoms with Crippen molar-refractivity contribution in [1.29, 1.82) is 0 Å². The zero-order chi connectivity index (χ0) is 9.56. The van der Waals surface area contributed by atoms with Gasteiger partial charge in [-0.1, -0.05) is 41.9 Å². The maximum atomic E-state index is 5.65. The Bertz CT molecular complexity index is 233. The van der Waals surface area contributed by atoms with Crippen LogP contribution in [0.1, 0.15) is 25.0 Å². The van der Waals surface area contributed by atoms with Crippen molar-refractivity contribution in [2.24, 2.45) is 0 Å². The third-order valence-electron chi connectivity index (χ3n) is 1.35. The molecule has 2 heteroatoms. The molecule has 0 aliphatic carbocycles. The van der Waals surface area contributed by atoms with Gasteiger partial charge in [0.05, 0.1) is 0 Å². The van der Waals surface area contributed by atoms with E-state index in [1.54, 1.807) is 0 Å². The summed E-state index contributed by atoms with van der Waals surface area (Å²) in [5.74, 6) is 0.570. The molecule has 0 atom stereocenters. The number of hydrogen-bond donors (Lipinski definition) is 0. The molecule has 0 radical (unpaired) electrons. The summed E-state index contributed by atoms with van der Waals surface area (Å²) < 4.78 is 1.10. The van der Waals surface area contributed by atoms with Gasteiger partial charge in [-0.05, 0) is 24.1 Å². The highest BCUT2D eigenvalue weighted by Gasteiger charge is 1.96. The van der Waals surface area contributed by atoms with Crippen LogP contribution in [0.25, 0.3) is 0 Å². The summed E-state index contributed by atoms with van der Waals surface area (Å²) in [7, 11) is 0. The summed E-state index contributed by atoms with van der Waals surface area (Å²) in [6.07, 6.45) is 0. The fourth-order valence-electron chi connectivity index (χ4n) is 0.761. The van der Waals surface area contributed by atoms with Crippen molar-refractivity contribution in [3.63, 3.8) is 0 Å². The Hall–Kier alpha value is -0.0100. The van der Waals surface area contributed by atoms with Crippen LogP contribution >= 0.6 is 27.5 Å². The van der Waals surface area contributed by atoms with Crippen LogP contribution < -0.4 is 0 Å². The van der Waals surface area contributed by atoms with Gasteiger partial charge >= 0.3 is 0 Å². The van der Waals surface area contributed by atoms with Crippen molar-refractivity contribution >= 4 is 27.5 Å². The summed E-state index contributed by atoms with van der Waals surface area (Å²) in [6, 6.07) is 6.16. The highest BCUT2D eigenvalue weighted by atomic mass is 79.9. The lowest BCUT2D eigenvalue weighted by atomic mass is 10.2. The van der Waals surface area contributed by atoms with Gasteiger partial charge in [-0.25, -0.2) is 0 Å². The molecule has 0 fully saturated rings. The molecule has 0 aromatic heterocycles. The summed E-state index contributed by atoms with van der Waals surface area (Å²) in [5.41, 5.74) is 2.40. The quantitative estimate of drug-likeness (QED) is 0.642. The minimum atomic E-state index is 0.570. The Morgan fingerprint density at radius 1 is 1.33 bits per heavy atom. The van der Waals surface area contributed by atoms with Gasteiger partial charge in [0.1, 0.15) is 0 Å². The fraction of sp³-hybridized carbons (Fsp3) is 0.400. The van der Waals surface area contributed by atoms with E-state index < -0.39 is 0 Å². The van der Waals surface area contributed by atoms with Crippen molar-refractivity contribution in [3.8, 4) is 0 Å². The molecule has 0 unspecified atom stereocenters. The topological polar surface area (TPSA) is 0 Å². The maximum Gasteiger partial charge on any atom is 0.0485 e. The van der Waals surface area contributed by atoms with E-state index in [1.807, 2.05) is 19.9 Å². The predicted molar refractivity (Wildman–Crippen MR) is 59.8 cm³/mol. The first-order valence-corrected chi connectivity index (χ1v) is 5.38. The second kappa shape index (κ2) is 6.50. The summed E-state index contributed by atoms with van der Waals surface area (Å²) >= 11 is 9.08. The molecule has 0 aliphatic rings. The van der Waals surface area contributed by atoms with E-state index in [2.05, 4.69) is 35.0 Å². The summed E-state index contributed by atoms with van der Waals surface area (Å²) in [6.45, 7) is 6.06. The van der Waals surface area contributed by atoms with Gasteiger partial charge in [-0.2, -0.15) is 0 Å². The second-order valence-corrected chi connectivity index (χ2v) is 3.35. The third kappa shape index (κ3) is 3.59. The lowest BCUT2D eigenvalue weighted by Crippen LogP contribution is -1.80. The second-order valence-electron chi connectivity index (χ2n) is 2.23. The summed E-state index contributed by atoms with van der Waals surface area (Å²) in [4.78, 5) is 0. The first-order chi connectivity index (χ1) is 5.74. The van der Waals surface area contributed by atoms with E-state index in [0.717, 1.165) is 10.0 Å². The number of halogens is 2. The van der Waals surface area contributed by atoms with Gasteiger partial charge in [0, 0.05) is 10.4 Å². The van der Waals surface area contributed by atoms with E-state index in [-0.39, 0.29) is 0 Å². The highest BCUT2D eigenvalue weighted by Crippen LogP contribution is 2.19. The molecule has 1 rings (SSSR count). The Morgan fingerprint density at radius 3 is 2.33 bits per heavy atom. The average molecular weight is 250 g/mol. The summed E-state index contributed by atoms with van der Waals surface area (Å²) in [5, 5.41) is 0. The SMILES string of the molecule is CC.Cc1ccc(CCl)c(Br)c1. The van der Waals surface area contributed by atoms with Crippen molar-refractivity contribution < 1.29 is 0 Å². The van der Waals surface area contributed by atoms with Gasteiger partial charge in [-0.3, -0.25) is 0 Å². The molecule has 0 aliphatic heterocycles. The molecule has 0 saturated carbocycles. The smallest absolute Gasteiger partial charge is 0.0485 e. The molecule has 68 valence electrons. The van der Waals surface area contributed by atoms with Crippen LogP contribution in [-0.4, -0.2) is 0 Å². The van der Waals surface area contributed by atoms with Crippen LogP contribution in [0.4, 0.5) is 0 Å². The van der Waals surface area contributed by atoms with Crippen molar-refractivity contribution in [2.75, 3.05) is 0 Å². The van der Waals surface area contributed by atoms with Gasteiger partial charge in [0.15, 0.2) is 0 Å². The molecular weight excluding hydrogens is 235 g/mol. The zero-order valence-corrected chi connectivity index (χ0v) is 10.0. The molecule has 12 heavy (non-hydrogen) atoms. The van der Waals surface area contributed by atoms with Gasteiger partial charge < -0.3 is 0 Å². The Balaban J connectivity index is 0.000000561. The molecule has 0 N–H and O–H groups in total. The highest BCUT2D eigenvalue weighted by molar-refractivity contribution is 9.10. The fourth-order valence-corrected chi connectivity index (χ4v) is 1.79. The van der Waals surface area contributed by atoms with Crippen LogP contribution in [0.15, 0.2) is 22.7 Å². The molecule has 0 amide bonds. The predicted octanol–water partition coefficient (Wildman–Crippen LogP) is 4.52. The van der Waals surface area contributed by atoms with Crippen LogP contribution in [0, 0.1) is 6.92 Å². The average Bonchev–Trinajstić information content (AvgIpc) is 2.08. The minimum absolute atomic E-state index is 0.570. The van der Waals surface area contributed by atoms with E-state index >= 15 is 0 Å². The van der Waals surface area contributed by atoms with Crippen molar-refractivity contribution in [2.45, 2.75) is 26.7 Å². The number of hydrogen-bond acceptors (Lipinski definition) is 0. The Kier molecular flexibility index (Phi) is 6.49. The molecule has 1 aromatic carbocycles. The molecular formula is C10H14BrCl. The van der Waals surface area contributed by atoms with Crippen LogP contribution in [-0.2, 0) is 5.88 Å². The van der Waals surface area contributed by atoms with Gasteiger partial charge in [-0.15, -0.1) is 11.6 Å². The molecule has 0 heterocycles. The maximum absolute atomic E-state index is 5.65. The van der Waals surface area contributed by atoms with Crippen molar-refractivity contribution in [3.05, 3.63) is 33.8 Å². The van der Waals surface area contributed by atoms with Crippen LogP contribution in [0.5, 0.6) is 0 Å². The van der Waals surface area contributed by atoms with E-state index in [4.69, 9.17) is 11.6 Å². The number of alkyl halides is 1. The standard InChI is InChI=1S/C8H8BrCl.C2H6/c1-6-2-3-7(5-10)8(9)4-6;1-2/h2-4H,5H2,1H3;1-2H3. The zero-order valence-electron chi connectivity index (χ0n) is 7.70. The molecule has 0 saturated heterocycles. The molecule has 0 spiro atoms. The monoisotopic (exact) mass is 248 g/mol.